The van der Waals surface area contributed by atoms with Crippen molar-refractivity contribution in [2.75, 3.05) is 26.2 Å². The van der Waals surface area contributed by atoms with Crippen molar-refractivity contribution < 1.29 is 9.53 Å². The molecule has 168 valence electrons. The molecule has 0 radical (unpaired) electrons. The SMILES string of the molecule is CCNC(=NCCc1ccc(OCC(=O)NC2CC2)cc1)NCCc1ccccc1.I. The van der Waals surface area contributed by atoms with Gasteiger partial charge >= 0.3 is 0 Å². The number of nitrogens with one attached hydrogen (secondary N) is 3. The Morgan fingerprint density at radius 1 is 1.00 bits per heavy atom. The van der Waals surface area contributed by atoms with Crippen molar-refractivity contribution in [3.05, 3.63) is 65.7 Å². The minimum Gasteiger partial charge on any atom is -0.484 e. The van der Waals surface area contributed by atoms with E-state index in [1.54, 1.807) is 0 Å². The Labute approximate surface area is 202 Å². The average molecular weight is 536 g/mol. The van der Waals surface area contributed by atoms with E-state index in [1.807, 2.05) is 30.3 Å². The molecule has 0 bridgehead atoms. The molecule has 0 spiro atoms. The van der Waals surface area contributed by atoms with Gasteiger partial charge in [0.15, 0.2) is 12.6 Å². The van der Waals surface area contributed by atoms with E-state index in [2.05, 4.69) is 52.1 Å². The number of aliphatic imine (C=N–C) groups is 1. The van der Waals surface area contributed by atoms with E-state index in [0.717, 1.165) is 44.7 Å². The molecule has 0 aromatic heterocycles. The lowest BCUT2D eigenvalue weighted by Gasteiger charge is -2.11. The van der Waals surface area contributed by atoms with Gasteiger partial charge in [-0.2, -0.15) is 0 Å². The van der Waals surface area contributed by atoms with Crippen LogP contribution in [0.1, 0.15) is 30.9 Å². The van der Waals surface area contributed by atoms with Crippen molar-refractivity contribution in [1.82, 2.24) is 16.0 Å². The molecule has 0 heterocycles. The Kier molecular flexibility index (Phi) is 11.2. The van der Waals surface area contributed by atoms with E-state index in [4.69, 9.17) is 4.74 Å². The summed E-state index contributed by atoms with van der Waals surface area (Å²) in [6.45, 7) is 4.51. The smallest absolute Gasteiger partial charge is 0.258 e. The second kappa shape index (κ2) is 13.9. The van der Waals surface area contributed by atoms with Gasteiger partial charge in [-0.1, -0.05) is 42.5 Å². The number of carbonyl (C=O) groups excluding carboxylic acids is 1. The highest BCUT2D eigenvalue weighted by atomic mass is 127. The Morgan fingerprint density at radius 2 is 1.71 bits per heavy atom. The van der Waals surface area contributed by atoms with Crippen molar-refractivity contribution in [2.24, 2.45) is 4.99 Å². The molecule has 1 fully saturated rings. The second-order valence-electron chi connectivity index (χ2n) is 7.45. The van der Waals surface area contributed by atoms with Crippen molar-refractivity contribution >= 4 is 35.8 Å². The maximum Gasteiger partial charge on any atom is 0.258 e. The summed E-state index contributed by atoms with van der Waals surface area (Å²) in [5, 5.41) is 9.60. The third kappa shape index (κ3) is 10.0. The van der Waals surface area contributed by atoms with Crippen LogP contribution in [0, 0.1) is 0 Å². The lowest BCUT2D eigenvalue weighted by atomic mass is 10.1. The van der Waals surface area contributed by atoms with Crippen molar-refractivity contribution in [3.63, 3.8) is 0 Å². The summed E-state index contributed by atoms with van der Waals surface area (Å²) in [6, 6.07) is 18.7. The molecular weight excluding hydrogens is 503 g/mol. The van der Waals surface area contributed by atoms with E-state index in [1.165, 1.54) is 11.1 Å². The van der Waals surface area contributed by atoms with Gasteiger partial charge in [0.25, 0.3) is 5.91 Å². The first-order chi connectivity index (χ1) is 14.7. The van der Waals surface area contributed by atoms with Crippen molar-refractivity contribution in [2.45, 2.75) is 38.6 Å². The highest BCUT2D eigenvalue weighted by Gasteiger charge is 2.23. The summed E-state index contributed by atoms with van der Waals surface area (Å²) >= 11 is 0. The third-order valence-corrected chi connectivity index (χ3v) is 4.80. The summed E-state index contributed by atoms with van der Waals surface area (Å²) in [4.78, 5) is 16.4. The summed E-state index contributed by atoms with van der Waals surface area (Å²) in [5.74, 6) is 1.51. The van der Waals surface area contributed by atoms with Crippen LogP contribution >= 0.6 is 24.0 Å². The first-order valence-electron chi connectivity index (χ1n) is 10.8. The lowest BCUT2D eigenvalue weighted by Crippen LogP contribution is -2.38. The molecular formula is C24H33IN4O2. The van der Waals surface area contributed by atoms with E-state index < -0.39 is 0 Å². The Hall–Kier alpha value is -2.29. The minimum atomic E-state index is -0.0494. The summed E-state index contributed by atoms with van der Waals surface area (Å²) < 4.78 is 5.55. The molecule has 1 amide bonds. The van der Waals surface area contributed by atoms with Crippen molar-refractivity contribution in [1.29, 1.82) is 0 Å². The molecule has 1 aliphatic carbocycles. The maximum atomic E-state index is 11.7. The highest BCUT2D eigenvalue weighted by Crippen LogP contribution is 2.18. The zero-order valence-corrected chi connectivity index (χ0v) is 20.4. The standard InChI is InChI=1S/C24H32N4O2.HI/c1-2-25-24(26-16-14-19-6-4-3-5-7-19)27-17-15-20-8-12-22(13-9-20)30-18-23(29)28-21-10-11-21;/h3-9,12-13,21H,2,10-11,14-18H2,1H3,(H,28,29)(H2,25,26,27);1H. The first kappa shape index (κ1) is 25.0. The number of ether oxygens (including phenoxy) is 1. The van der Waals surface area contributed by atoms with E-state index in [0.29, 0.717) is 18.3 Å². The Morgan fingerprint density at radius 3 is 2.39 bits per heavy atom. The normalized spacial score (nSPS) is 13.1. The van der Waals surface area contributed by atoms with Crippen LogP contribution in [0.3, 0.4) is 0 Å². The summed E-state index contributed by atoms with van der Waals surface area (Å²) in [7, 11) is 0. The quantitative estimate of drug-likeness (QED) is 0.234. The van der Waals surface area contributed by atoms with Crippen LogP contribution in [0.2, 0.25) is 0 Å². The van der Waals surface area contributed by atoms with Crippen LogP contribution in [0.15, 0.2) is 59.6 Å². The molecule has 0 unspecified atom stereocenters. The number of hydrogen-bond acceptors (Lipinski definition) is 3. The zero-order chi connectivity index (χ0) is 21.0. The monoisotopic (exact) mass is 536 g/mol. The molecule has 3 rings (SSSR count). The van der Waals surface area contributed by atoms with Gasteiger partial charge in [0.05, 0.1) is 0 Å². The van der Waals surface area contributed by atoms with Gasteiger partial charge in [0, 0.05) is 25.7 Å². The number of amides is 1. The highest BCUT2D eigenvalue weighted by molar-refractivity contribution is 14.0. The molecule has 0 aliphatic heterocycles. The first-order valence-corrected chi connectivity index (χ1v) is 10.8. The predicted octanol–water partition coefficient (Wildman–Crippen LogP) is 3.30. The number of benzene rings is 2. The number of halogens is 1. The molecule has 1 saturated carbocycles. The second-order valence-corrected chi connectivity index (χ2v) is 7.45. The predicted molar refractivity (Wildman–Crippen MR) is 136 cm³/mol. The van der Waals surface area contributed by atoms with Crippen LogP contribution in [0.4, 0.5) is 0 Å². The van der Waals surface area contributed by atoms with Crippen molar-refractivity contribution in [3.8, 4) is 5.75 Å². The van der Waals surface area contributed by atoms with Crippen LogP contribution in [-0.2, 0) is 17.6 Å². The topological polar surface area (TPSA) is 74.8 Å². The molecule has 3 N–H and O–H groups in total. The third-order valence-electron chi connectivity index (χ3n) is 4.80. The number of rotatable bonds is 11. The van der Waals surface area contributed by atoms with Gasteiger partial charge in [-0.3, -0.25) is 9.79 Å². The van der Waals surface area contributed by atoms with Gasteiger partial charge in [-0.05, 0) is 55.9 Å². The molecule has 0 atom stereocenters. The fraction of sp³-hybridized carbons (Fsp3) is 0.417. The molecule has 0 saturated heterocycles. The summed E-state index contributed by atoms with van der Waals surface area (Å²) in [6.07, 6.45) is 3.98. The lowest BCUT2D eigenvalue weighted by molar-refractivity contribution is -0.123. The molecule has 2 aromatic rings. The molecule has 31 heavy (non-hydrogen) atoms. The van der Waals surface area contributed by atoms with Crippen LogP contribution in [0.25, 0.3) is 0 Å². The minimum absolute atomic E-state index is 0. The van der Waals surface area contributed by atoms with Crippen LogP contribution in [-0.4, -0.2) is 44.1 Å². The van der Waals surface area contributed by atoms with Gasteiger partial charge in [0.2, 0.25) is 0 Å². The van der Waals surface area contributed by atoms with E-state index >= 15 is 0 Å². The fourth-order valence-electron chi connectivity index (χ4n) is 3.01. The molecule has 1 aliphatic rings. The van der Waals surface area contributed by atoms with Gasteiger partial charge in [0.1, 0.15) is 5.75 Å². The Balaban J connectivity index is 0.00000341. The largest absolute Gasteiger partial charge is 0.484 e. The zero-order valence-electron chi connectivity index (χ0n) is 18.1. The fourth-order valence-corrected chi connectivity index (χ4v) is 3.01. The van der Waals surface area contributed by atoms with E-state index in [9.17, 15) is 4.79 Å². The molecule has 6 nitrogen and oxygen atoms in total. The van der Waals surface area contributed by atoms with Crippen LogP contribution < -0.4 is 20.7 Å². The Bertz CT molecular complexity index is 808. The number of carbonyl (C=O) groups is 1. The van der Waals surface area contributed by atoms with Gasteiger partial charge in [-0.25, -0.2) is 0 Å². The van der Waals surface area contributed by atoms with Gasteiger partial charge < -0.3 is 20.7 Å². The summed E-state index contributed by atoms with van der Waals surface area (Å²) in [5.41, 5.74) is 2.50. The number of nitrogens with zero attached hydrogens (tertiary/aromatic N) is 1. The maximum absolute atomic E-state index is 11.7. The van der Waals surface area contributed by atoms with Gasteiger partial charge in [-0.15, -0.1) is 24.0 Å². The van der Waals surface area contributed by atoms with Crippen LogP contribution in [0.5, 0.6) is 5.75 Å². The average Bonchev–Trinajstić information content (AvgIpc) is 3.58. The number of hydrogen-bond donors (Lipinski definition) is 3. The molecule has 2 aromatic carbocycles. The number of guanidine groups is 1. The molecule has 7 heteroatoms. The van der Waals surface area contributed by atoms with E-state index in [-0.39, 0.29) is 36.5 Å².